The number of methoxy groups -OCH3 is 1. The summed E-state index contributed by atoms with van der Waals surface area (Å²) in [5.74, 6) is 2.50. The molecule has 0 fully saturated rings. The number of fused-ring (bicyclic) bond motifs is 1. The number of amides is 1. The summed E-state index contributed by atoms with van der Waals surface area (Å²) >= 11 is 0. The van der Waals surface area contributed by atoms with Gasteiger partial charge in [0.05, 0.1) is 7.11 Å². The molecule has 0 bridgehead atoms. The number of ether oxygens (including phenoxy) is 4. The molecule has 1 N–H and O–H groups in total. The Labute approximate surface area is 175 Å². The van der Waals surface area contributed by atoms with Gasteiger partial charge in [-0.05, 0) is 67.4 Å². The third-order valence-corrected chi connectivity index (χ3v) is 4.76. The third kappa shape index (κ3) is 4.33. The van der Waals surface area contributed by atoms with Crippen molar-refractivity contribution in [3.63, 3.8) is 0 Å². The molecule has 0 aliphatic carbocycles. The number of hydrogen-bond acceptors (Lipinski definition) is 5. The highest BCUT2D eigenvalue weighted by Gasteiger charge is 2.16. The van der Waals surface area contributed by atoms with Crippen LogP contribution in [0, 0.1) is 13.8 Å². The van der Waals surface area contributed by atoms with E-state index in [-0.39, 0.29) is 19.3 Å². The number of carbonyl (C=O) groups is 1. The summed E-state index contributed by atoms with van der Waals surface area (Å²) in [5.41, 5.74) is 4.19. The average molecular weight is 405 g/mol. The topological polar surface area (TPSA) is 66.0 Å². The fraction of sp³-hybridized carbons (Fsp3) is 0.208. The van der Waals surface area contributed by atoms with Gasteiger partial charge in [0.25, 0.3) is 5.91 Å². The van der Waals surface area contributed by atoms with E-state index in [1.54, 1.807) is 43.5 Å². The minimum atomic E-state index is -0.232. The van der Waals surface area contributed by atoms with Gasteiger partial charge in [0, 0.05) is 22.9 Å². The van der Waals surface area contributed by atoms with Crippen LogP contribution in [-0.2, 0) is 6.61 Å². The molecule has 0 radical (unpaired) electrons. The Kier molecular flexibility index (Phi) is 5.48. The average Bonchev–Trinajstić information content (AvgIpc) is 3.19. The highest BCUT2D eigenvalue weighted by molar-refractivity contribution is 6.04. The molecule has 0 atom stereocenters. The standard InChI is InChI=1S/C24H23NO5/c1-15-8-16(2)10-20(9-15)28-13-18-11-17(4-6-21(18)27-3)24(26)25-19-5-7-22-23(12-19)30-14-29-22/h4-12H,13-14H2,1-3H3,(H,25,26). The monoisotopic (exact) mass is 405 g/mol. The van der Waals surface area contributed by atoms with E-state index in [9.17, 15) is 4.79 Å². The van der Waals surface area contributed by atoms with E-state index >= 15 is 0 Å². The van der Waals surface area contributed by atoms with Crippen molar-refractivity contribution in [1.82, 2.24) is 0 Å². The number of benzene rings is 3. The van der Waals surface area contributed by atoms with Gasteiger partial charge in [-0.2, -0.15) is 0 Å². The van der Waals surface area contributed by atoms with Gasteiger partial charge in [-0.1, -0.05) is 6.07 Å². The molecule has 1 amide bonds. The van der Waals surface area contributed by atoms with Crippen molar-refractivity contribution in [2.24, 2.45) is 0 Å². The molecule has 0 saturated heterocycles. The number of hydrogen-bond donors (Lipinski definition) is 1. The quantitative estimate of drug-likeness (QED) is 0.634. The highest BCUT2D eigenvalue weighted by Crippen LogP contribution is 2.34. The van der Waals surface area contributed by atoms with Gasteiger partial charge in [-0.15, -0.1) is 0 Å². The van der Waals surface area contributed by atoms with Gasteiger partial charge in [0.2, 0.25) is 6.79 Å². The van der Waals surface area contributed by atoms with Crippen LogP contribution in [0.5, 0.6) is 23.0 Å². The van der Waals surface area contributed by atoms with E-state index < -0.39 is 0 Å². The molecule has 1 heterocycles. The van der Waals surface area contributed by atoms with Crippen molar-refractivity contribution in [3.8, 4) is 23.0 Å². The first-order chi connectivity index (χ1) is 14.5. The van der Waals surface area contributed by atoms with E-state index in [1.165, 1.54) is 0 Å². The van der Waals surface area contributed by atoms with E-state index in [4.69, 9.17) is 18.9 Å². The van der Waals surface area contributed by atoms with Gasteiger partial charge in [-0.3, -0.25) is 4.79 Å². The van der Waals surface area contributed by atoms with Gasteiger partial charge < -0.3 is 24.3 Å². The molecule has 0 aromatic heterocycles. The lowest BCUT2D eigenvalue weighted by atomic mass is 10.1. The predicted molar refractivity (Wildman–Crippen MR) is 114 cm³/mol. The van der Waals surface area contributed by atoms with Gasteiger partial charge in [-0.25, -0.2) is 0 Å². The second-order valence-corrected chi connectivity index (χ2v) is 7.16. The molecule has 3 aromatic carbocycles. The first kappa shape index (κ1) is 19.6. The maximum absolute atomic E-state index is 12.8. The summed E-state index contributed by atoms with van der Waals surface area (Å²) in [6.07, 6.45) is 0. The fourth-order valence-corrected chi connectivity index (χ4v) is 3.39. The van der Waals surface area contributed by atoms with E-state index in [2.05, 4.69) is 11.4 Å². The van der Waals surface area contributed by atoms with Gasteiger partial charge in [0.1, 0.15) is 18.1 Å². The van der Waals surface area contributed by atoms with Crippen LogP contribution in [0.3, 0.4) is 0 Å². The Morgan fingerprint density at radius 1 is 0.967 bits per heavy atom. The molecular weight excluding hydrogens is 382 g/mol. The lowest BCUT2D eigenvalue weighted by Gasteiger charge is -2.13. The largest absolute Gasteiger partial charge is 0.496 e. The first-order valence-electron chi connectivity index (χ1n) is 9.61. The molecule has 6 heteroatoms. The van der Waals surface area contributed by atoms with E-state index in [0.29, 0.717) is 28.5 Å². The molecule has 4 rings (SSSR count). The number of aryl methyl sites for hydroxylation is 2. The minimum Gasteiger partial charge on any atom is -0.496 e. The number of rotatable bonds is 6. The van der Waals surface area contributed by atoms with Crippen molar-refractivity contribution in [1.29, 1.82) is 0 Å². The van der Waals surface area contributed by atoms with Gasteiger partial charge >= 0.3 is 0 Å². The van der Waals surface area contributed by atoms with Crippen LogP contribution in [0.1, 0.15) is 27.0 Å². The van der Waals surface area contributed by atoms with Crippen LogP contribution in [0.15, 0.2) is 54.6 Å². The van der Waals surface area contributed by atoms with Crippen LogP contribution in [-0.4, -0.2) is 19.8 Å². The van der Waals surface area contributed by atoms with Crippen LogP contribution in [0.4, 0.5) is 5.69 Å². The zero-order valence-corrected chi connectivity index (χ0v) is 17.2. The summed E-state index contributed by atoms with van der Waals surface area (Å²) in [6, 6.07) is 16.6. The Hall–Kier alpha value is -3.67. The number of anilines is 1. The van der Waals surface area contributed by atoms with Gasteiger partial charge in [0.15, 0.2) is 11.5 Å². The van der Waals surface area contributed by atoms with Crippen LogP contribution in [0.25, 0.3) is 0 Å². The second kappa shape index (κ2) is 8.37. The Balaban J connectivity index is 1.50. The molecule has 0 saturated carbocycles. The highest BCUT2D eigenvalue weighted by atomic mass is 16.7. The molecular formula is C24H23NO5. The smallest absolute Gasteiger partial charge is 0.255 e. The lowest BCUT2D eigenvalue weighted by Crippen LogP contribution is -2.13. The van der Waals surface area contributed by atoms with Crippen molar-refractivity contribution in [2.75, 3.05) is 19.2 Å². The minimum absolute atomic E-state index is 0.190. The van der Waals surface area contributed by atoms with Crippen LogP contribution < -0.4 is 24.3 Å². The third-order valence-electron chi connectivity index (χ3n) is 4.76. The van der Waals surface area contributed by atoms with E-state index in [0.717, 1.165) is 22.4 Å². The maximum Gasteiger partial charge on any atom is 0.255 e. The van der Waals surface area contributed by atoms with Crippen LogP contribution in [0.2, 0.25) is 0 Å². The molecule has 3 aromatic rings. The Bertz CT molecular complexity index is 1070. The molecule has 1 aliphatic heterocycles. The summed E-state index contributed by atoms with van der Waals surface area (Å²) in [7, 11) is 1.60. The van der Waals surface area contributed by atoms with Crippen molar-refractivity contribution < 1.29 is 23.7 Å². The molecule has 1 aliphatic rings. The predicted octanol–water partition coefficient (Wildman–Crippen LogP) is 4.87. The lowest BCUT2D eigenvalue weighted by molar-refractivity contribution is 0.102. The van der Waals surface area contributed by atoms with E-state index in [1.807, 2.05) is 26.0 Å². The maximum atomic E-state index is 12.8. The fourth-order valence-electron chi connectivity index (χ4n) is 3.39. The Morgan fingerprint density at radius 3 is 2.50 bits per heavy atom. The van der Waals surface area contributed by atoms with Crippen LogP contribution >= 0.6 is 0 Å². The van der Waals surface area contributed by atoms with Crippen molar-refractivity contribution in [3.05, 3.63) is 76.9 Å². The normalized spacial score (nSPS) is 11.8. The zero-order valence-electron chi connectivity index (χ0n) is 17.2. The molecule has 0 unspecified atom stereocenters. The molecule has 6 nitrogen and oxygen atoms in total. The SMILES string of the molecule is COc1ccc(C(=O)Nc2ccc3c(c2)OCO3)cc1COc1cc(C)cc(C)c1. The van der Waals surface area contributed by atoms with Crippen molar-refractivity contribution >= 4 is 11.6 Å². The first-order valence-corrected chi connectivity index (χ1v) is 9.61. The number of carbonyl (C=O) groups excluding carboxylic acids is 1. The zero-order chi connectivity index (χ0) is 21.1. The number of nitrogens with one attached hydrogen (secondary N) is 1. The second-order valence-electron chi connectivity index (χ2n) is 7.16. The Morgan fingerprint density at radius 2 is 1.73 bits per heavy atom. The summed E-state index contributed by atoms with van der Waals surface area (Å²) < 4.78 is 22.1. The summed E-state index contributed by atoms with van der Waals surface area (Å²) in [4.78, 5) is 12.8. The summed E-state index contributed by atoms with van der Waals surface area (Å²) in [5, 5.41) is 2.89. The van der Waals surface area contributed by atoms with Crippen molar-refractivity contribution in [2.45, 2.75) is 20.5 Å². The molecule has 0 spiro atoms. The molecule has 154 valence electrons. The molecule has 30 heavy (non-hydrogen) atoms. The summed E-state index contributed by atoms with van der Waals surface area (Å²) in [6.45, 7) is 4.54.